The summed E-state index contributed by atoms with van der Waals surface area (Å²) in [4.78, 5) is 2.44. The lowest BCUT2D eigenvalue weighted by molar-refractivity contribution is 0.679. The van der Waals surface area contributed by atoms with Gasteiger partial charge in [0.25, 0.3) is 0 Å². The van der Waals surface area contributed by atoms with Crippen molar-refractivity contribution in [1.29, 1.82) is 0 Å². The van der Waals surface area contributed by atoms with Gasteiger partial charge in [-0.2, -0.15) is 0 Å². The zero-order valence-electron chi connectivity index (χ0n) is 8.45. The molecule has 0 amide bonds. The molecule has 1 heterocycles. The van der Waals surface area contributed by atoms with Crippen LogP contribution in [0.1, 0.15) is 18.4 Å². The summed E-state index contributed by atoms with van der Waals surface area (Å²) in [5.74, 6) is 0. The highest BCUT2D eigenvalue weighted by molar-refractivity contribution is 5.55. The molecule has 0 aliphatic carbocycles. The Bertz CT molecular complexity index is 294. The number of rotatable bonds is 2. The molecule has 0 atom stereocenters. The highest BCUT2D eigenvalue weighted by Gasteiger charge is 2.09. The van der Waals surface area contributed by atoms with E-state index in [0.29, 0.717) is 0 Å². The summed E-state index contributed by atoms with van der Waals surface area (Å²) >= 11 is 0. The first kappa shape index (κ1) is 9.32. The smallest absolute Gasteiger partial charge is 0.0366 e. The molecule has 0 saturated carbocycles. The molecule has 0 spiro atoms. The van der Waals surface area contributed by atoms with Gasteiger partial charge in [-0.05, 0) is 37.0 Å². The predicted octanol–water partition coefficient (Wildman–Crippen LogP) is 3.13. The average molecular weight is 186 g/mol. The maximum atomic E-state index is 3.75. The van der Waals surface area contributed by atoms with E-state index < -0.39 is 0 Å². The summed E-state index contributed by atoms with van der Waals surface area (Å²) in [6, 6.07) is 8.62. The van der Waals surface area contributed by atoms with E-state index in [1.807, 2.05) is 6.08 Å². The molecule has 1 aliphatic heterocycles. The maximum absolute atomic E-state index is 3.75. The van der Waals surface area contributed by atoms with Gasteiger partial charge in [-0.25, -0.2) is 0 Å². The Morgan fingerprint density at radius 3 is 2.29 bits per heavy atom. The number of nitrogens with zero attached hydrogens (tertiary/aromatic N) is 1. The second-order valence-corrected chi connectivity index (χ2v) is 3.65. The van der Waals surface area contributed by atoms with Gasteiger partial charge in [0.15, 0.2) is 0 Å². The van der Waals surface area contributed by atoms with Gasteiger partial charge in [0.2, 0.25) is 0 Å². The topological polar surface area (TPSA) is 3.24 Å². The van der Waals surface area contributed by atoms with Crippen LogP contribution in [0.5, 0.6) is 0 Å². The third-order valence-corrected chi connectivity index (χ3v) is 2.70. The summed E-state index contributed by atoms with van der Waals surface area (Å²) in [5.41, 5.74) is 2.53. The molecule has 14 heavy (non-hydrogen) atoms. The molecule has 1 heteroatoms. The summed E-state index contributed by atoms with van der Waals surface area (Å²) < 4.78 is 0. The Kier molecular flexibility index (Phi) is 2.87. The lowest BCUT2D eigenvalue weighted by atomic mass is 10.1. The number of hydrogen-bond donors (Lipinski definition) is 0. The number of piperidine rings is 1. The quantitative estimate of drug-likeness (QED) is 0.686. The van der Waals surface area contributed by atoms with E-state index in [0.717, 1.165) is 13.1 Å². The second-order valence-electron chi connectivity index (χ2n) is 3.65. The van der Waals surface area contributed by atoms with Crippen LogP contribution in [-0.2, 0) is 0 Å². The van der Waals surface area contributed by atoms with Crippen LogP contribution in [0.3, 0.4) is 0 Å². The van der Waals surface area contributed by atoms with Gasteiger partial charge in [0.05, 0.1) is 0 Å². The summed E-state index contributed by atoms with van der Waals surface area (Å²) in [5, 5.41) is 0. The fourth-order valence-corrected chi connectivity index (χ4v) is 1.83. The highest BCUT2D eigenvalue weighted by atomic mass is 15.1. The summed E-state index contributed by atoms with van der Waals surface area (Å²) in [7, 11) is 0. The number of hydrogen-bond acceptors (Lipinski definition) is 1. The normalized spacial score (nSPS) is 16.7. The van der Waals surface area contributed by atoms with Crippen LogP contribution in [0.4, 0.5) is 5.69 Å². The van der Waals surface area contributed by atoms with Gasteiger partial charge in [0, 0.05) is 18.8 Å². The largest absolute Gasteiger partial charge is 0.372 e. The Morgan fingerprint density at radius 2 is 1.71 bits per heavy atom. The lowest BCUT2D eigenvalue weighted by Crippen LogP contribution is -2.29. The molecule has 1 aromatic carbocycles. The Morgan fingerprint density at radius 1 is 1.07 bits per heavy atom. The zero-order chi connectivity index (χ0) is 9.80. The van der Waals surface area contributed by atoms with Crippen molar-refractivity contribution in [2.24, 2.45) is 0 Å². The molecule has 0 N–H and O–H groups in total. The summed E-state index contributed by atoms with van der Waals surface area (Å²) in [6.45, 7) is 6.07. The van der Waals surface area contributed by atoms with E-state index in [1.165, 1.54) is 24.1 Å². The average Bonchev–Trinajstić information content (AvgIpc) is 2.30. The van der Waals surface area contributed by atoms with Crippen molar-refractivity contribution in [3.63, 3.8) is 0 Å². The minimum atomic E-state index is 1.16. The van der Waals surface area contributed by atoms with Crippen molar-refractivity contribution in [2.75, 3.05) is 18.0 Å². The fraction of sp³-hybridized carbons (Fsp3) is 0.308. The number of benzene rings is 1. The Hall–Kier alpha value is -1.24. The second kappa shape index (κ2) is 4.32. The van der Waals surface area contributed by atoms with E-state index in [9.17, 15) is 0 Å². The monoisotopic (exact) mass is 186 g/mol. The van der Waals surface area contributed by atoms with Crippen molar-refractivity contribution in [3.05, 3.63) is 42.8 Å². The molecular weight excluding hydrogens is 170 g/mol. The predicted molar refractivity (Wildman–Crippen MR) is 62.3 cm³/mol. The van der Waals surface area contributed by atoms with Crippen LogP contribution in [-0.4, -0.2) is 13.1 Å². The van der Waals surface area contributed by atoms with Crippen LogP contribution in [0.2, 0.25) is 0 Å². The van der Waals surface area contributed by atoms with E-state index in [2.05, 4.69) is 42.2 Å². The van der Waals surface area contributed by atoms with Crippen LogP contribution in [0, 0.1) is 6.42 Å². The molecule has 2 rings (SSSR count). The number of anilines is 1. The Labute approximate surface area is 86.1 Å². The molecule has 0 aromatic heterocycles. The molecule has 1 nitrogen and oxygen atoms in total. The van der Waals surface area contributed by atoms with Gasteiger partial charge < -0.3 is 4.90 Å². The molecule has 1 aromatic rings. The van der Waals surface area contributed by atoms with Crippen LogP contribution < -0.4 is 4.90 Å². The fourth-order valence-electron chi connectivity index (χ4n) is 1.83. The molecule has 0 unspecified atom stereocenters. The third-order valence-electron chi connectivity index (χ3n) is 2.70. The van der Waals surface area contributed by atoms with E-state index in [-0.39, 0.29) is 0 Å². The van der Waals surface area contributed by atoms with Crippen molar-refractivity contribution >= 4 is 11.8 Å². The molecule has 73 valence electrons. The van der Waals surface area contributed by atoms with Gasteiger partial charge in [-0.15, -0.1) is 0 Å². The minimum absolute atomic E-state index is 1.16. The molecule has 1 radical (unpaired) electrons. The van der Waals surface area contributed by atoms with Crippen LogP contribution in [0.15, 0.2) is 30.8 Å². The highest BCUT2D eigenvalue weighted by Crippen LogP contribution is 2.19. The zero-order valence-corrected chi connectivity index (χ0v) is 8.45. The van der Waals surface area contributed by atoms with Crippen molar-refractivity contribution in [1.82, 2.24) is 0 Å². The lowest BCUT2D eigenvalue weighted by Gasteiger charge is -2.28. The minimum Gasteiger partial charge on any atom is -0.372 e. The molecule has 1 aliphatic rings. The van der Waals surface area contributed by atoms with E-state index in [4.69, 9.17) is 0 Å². The van der Waals surface area contributed by atoms with Crippen LogP contribution in [0.25, 0.3) is 6.08 Å². The Balaban J connectivity index is 2.11. The van der Waals surface area contributed by atoms with Crippen molar-refractivity contribution in [3.8, 4) is 0 Å². The van der Waals surface area contributed by atoms with Crippen molar-refractivity contribution < 1.29 is 0 Å². The molecule has 1 saturated heterocycles. The molecule has 1 fully saturated rings. The van der Waals surface area contributed by atoms with Gasteiger partial charge in [-0.1, -0.05) is 24.8 Å². The maximum Gasteiger partial charge on any atom is 0.0366 e. The van der Waals surface area contributed by atoms with Gasteiger partial charge in [0.1, 0.15) is 0 Å². The van der Waals surface area contributed by atoms with E-state index in [1.54, 1.807) is 0 Å². The standard InChI is InChI=1S/C13H16N/c1-2-12-6-8-13(9-7-12)14-10-4-3-5-11-14/h2-3,6-9H,1,4-5,10-11H2. The SMILES string of the molecule is C=Cc1ccc(N2CC[CH]CC2)cc1. The first-order valence-electron chi connectivity index (χ1n) is 5.19. The first-order valence-corrected chi connectivity index (χ1v) is 5.19. The van der Waals surface area contributed by atoms with Crippen LogP contribution >= 0.6 is 0 Å². The van der Waals surface area contributed by atoms with E-state index >= 15 is 0 Å². The summed E-state index contributed by atoms with van der Waals surface area (Å²) in [6.07, 6.45) is 6.68. The van der Waals surface area contributed by atoms with Gasteiger partial charge >= 0.3 is 0 Å². The van der Waals surface area contributed by atoms with Gasteiger partial charge in [-0.3, -0.25) is 0 Å². The molecular formula is C13H16N. The first-order chi connectivity index (χ1) is 6.90. The molecule has 0 bridgehead atoms. The van der Waals surface area contributed by atoms with Crippen molar-refractivity contribution in [2.45, 2.75) is 12.8 Å². The third kappa shape index (κ3) is 1.98.